The van der Waals surface area contributed by atoms with Crippen LogP contribution in [0.3, 0.4) is 0 Å². The Morgan fingerprint density at radius 2 is 1.19 bits per heavy atom. The van der Waals surface area contributed by atoms with Crippen LogP contribution in [-0.4, -0.2) is 11.4 Å². The Morgan fingerprint density at radius 1 is 0.500 bits per heavy atom. The summed E-state index contributed by atoms with van der Waals surface area (Å²) in [6.45, 7) is 0. The third kappa shape index (κ3) is 4.57. The molecule has 3 nitrogen and oxygen atoms in total. The fourth-order valence-corrected chi connectivity index (χ4v) is 8.19. The highest BCUT2D eigenvalue weighted by atomic mass is 32.1. The number of anilines is 3. The molecule has 226 valence electrons. The smallest absolute Gasteiger partial charge is 0.0873 e. The van der Waals surface area contributed by atoms with Gasteiger partial charge in [-0.1, -0.05) is 115 Å². The molecule has 1 heterocycles. The standard InChI is InChI=1S/C44H29N3S/c45-38-25-23-30-21-20-29-22-24-33(27-37(29)42(30)44(38)46)47(39-17-9-19-41-43(39)36-16-6-7-18-40(36)48-41)32-13-8-12-31(26-32)35-15-5-4-14-34(35)28-10-2-1-3-11-28/h1-27,45-46H. The Morgan fingerprint density at radius 3 is 2.06 bits per heavy atom. The van der Waals surface area contributed by atoms with E-state index in [0.717, 1.165) is 44.5 Å². The fraction of sp³-hybridized carbons (Fsp3) is 0. The van der Waals surface area contributed by atoms with Crippen LogP contribution in [-0.2, 0) is 0 Å². The molecule has 1 aliphatic carbocycles. The monoisotopic (exact) mass is 631 g/mol. The number of thiophene rings is 1. The zero-order valence-corrected chi connectivity index (χ0v) is 26.8. The van der Waals surface area contributed by atoms with Gasteiger partial charge in [-0.05, 0) is 87.1 Å². The number of nitrogens with one attached hydrogen (secondary N) is 2. The first-order chi connectivity index (χ1) is 23.6. The van der Waals surface area contributed by atoms with E-state index in [0.29, 0.717) is 0 Å². The van der Waals surface area contributed by atoms with Crippen LogP contribution in [0.1, 0.15) is 11.1 Å². The molecule has 1 aliphatic rings. The molecule has 0 aliphatic heterocycles. The van der Waals surface area contributed by atoms with Crippen molar-refractivity contribution >= 4 is 76.8 Å². The highest BCUT2D eigenvalue weighted by molar-refractivity contribution is 7.26. The summed E-state index contributed by atoms with van der Waals surface area (Å²) >= 11 is 1.82. The third-order valence-electron chi connectivity index (χ3n) is 9.29. The van der Waals surface area contributed by atoms with E-state index in [1.807, 2.05) is 17.4 Å². The van der Waals surface area contributed by atoms with Gasteiger partial charge in [0.25, 0.3) is 0 Å². The van der Waals surface area contributed by atoms with E-state index < -0.39 is 0 Å². The van der Waals surface area contributed by atoms with E-state index in [9.17, 15) is 0 Å². The van der Waals surface area contributed by atoms with Crippen molar-refractivity contribution in [3.63, 3.8) is 0 Å². The molecule has 0 radical (unpaired) electrons. The van der Waals surface area contributed by atoms with Crippen molar-refractivity contribution in [3.8, 4) is 22.3 Å². The SMILES string of the molecule is N=C1C=Cc2ccc3ccc(N(c4cccc(-c5ccccc5-c5ccccc5)c4)c4cccc5sc6ccccc6c45)cc3c2C1=N. The number of allylic oxidation sites excluding steroid dienone is 1. The summed E-state index contributed by atoms with van der Waals surface area (Å²) in [5.74, 6) is 0. The average molecular weight is 632 g/mol. The van der Waals surface area contributed by atoms with E-state index in [4.69, 9.17) is 10.8 Å². The second kappa shape index (κ2) is 11.3. The van der Waals surface area contributed by atoms with E-state index >= 15 is 0 Å². The second-order valence-corrected chi connectivity index (χ2v) is 13.2. The predicted molar refractivity (Wildman–Crippen MR) is 206 cm³/mol. The first-order valence-electron chi connectivity index (χ1n) is 16.0. The molecule has 0 saturated heterocycles. The summed E-state index contributed by atoms with van der Waals surface area (Å²) < 4.78 is 2.50. The largest absolute Gasteiger partial charge is 0.310 e. The van der Waals surface area contributed by atoms with Crippen LogP contribution in [0.25, 0.3) is 59.3 Å². The van der Waals surface area contributed by atoms with Crippen molar-refractivity contribution in [2.45, 2.75) is 0 Å². The average Bonchev–Trinajstić information content (AvgIpc) is 3.53. The first kappa shape index (κ1) is 28.1. The highest BCUT2D eigenvalue weighted by Crippen LogP contribution is 2.46. The fourth-order valence-electron chi connectivity index (χ4n) is 7.06. The minimum Gasteiger partial charge on any atom is -0.310 e. The Kier molecular flexibility index (Phi) is 6.63. The zero-order valence-electron chi connectivity index (χ0n) is 25.9. The summed E-state index contributed by atoms with van der Waals surface area (Å²) in [7, 11) is 0. The summed E-state index contributed by atoms with van der Waals surface area (Å²) in [5, 5.41) is 21.8. The van der Waals surface area contributed by atoms with Crippen molar-refractivity contribution in [2.75, 3.05) is 4.90 Å². The van der Waals surface area contributed by atoms with Crippen LogP contribution in [0.15, 0.2) is 158 Å². The zero-order chi connectivity index (χ0) is 32.2. The van der Waals surface area contributed by atoms with Gasteiger partial charge in [-0.2, -0.15) is 0 Å². The lowest BCUT2D eigenvalue weighted by Crippen LogP contribution is -2.16. The molecule has 48 heavy (non-hydrogen) atoms. The molecule has 8 aromatic rings. The van der Waals surface area contributed by atoms with Gasteiger partial charge < -0.3 is 4.90 Å². The summed E-state index contributed by atoms with van der Waals surface area (Å²) in [5.41, 5.74) is 10.1. The molecular formula is C44H29N3S. The van der Waals surface area contributed by atoms with Crippen molar-refractivity contribution in [1.82, 2.24) is 0 Å². The Labute approximate surface area is 282 Å². The van der Waals surface area contributed by atoms with Crippen molar-refractivity contribution < 1.29 is 0 Å². The van der Waals surface area contributed by atoms with Gasteiger partial charge in [0, 0.05) is 37.1 Å². The van der Waals surface area contributed by atoms with Gasteiger partial charge in [0.15, 0.2) is 0 Å². The topological polar surface area (TPSA) is 50.9 Å². The van der Waals surface area contributed by atoms with Gasteiger partial charge in [-0.15, -0.1) is 11.3 Å². The minimum atomic E-state index is 0.233. The van der Waals surface area contributed by atoms with Gasteiger partial charge >= 0.3 is 0 Å². The van der Waals surface area contributed by atoms with E-state index in [-0.39, 0.29) is 11.4 Å². The Bertz CT molecular complexity index is 2610. The third-order valence-corrected chi connectivity index (χ3v) is 10.4. The molecule has 9 rings (SSSR count). The number of benzene rings is 7. The Hall–Kier alpha value is -6.10. The van der Waals surface area contributed by atoms with Crippen LogP contribution < -0.4 is 4.90 Å². The van der Waals surface area contributed by atoms with Crippen molar-refractivity contribution in [3.05, 3.63) is 169 Å². The van der Waals surface area contributed by atoms with Gasteiger partial charge in [0.05, 0.1) is 17.1 Å². The maximum Gasteiger partial charge on any atom is 0.0873 e. The lowest BCUT2D eigenvalue weighted by molar-refractivity contribution is 1.31. The quantitative estimate of drug-likeness (QED) is 0.195. The van der Waals surface area contributed by atoms with Crippen molar-refractivity contribution in [1.29, 1.82) is 10.8 Å². The van der Waals surface area contributed by atoms with Crippen LogP contribution in [0.2, 0.25) is 0 Å². The maximum absolute atomic E-state index is 8.87. The number of hydrogen-bond donors (Lipinski definition) is 2. The summed E-state index contributed by atoms with van der Waals surface area (Å²) in [4.78, 5) is 2.36. The first-order valence-corrected chi connectivity index (χ1v) is 16.8. The molecule has 0 saturated carbocycles. The van der Waals surface area contributed by atoms with Crippen LogP contribution in [0.4, 0.5) is 17.1 Å². The number of fused-ring (bicyclic) bond motifs is 6. The molecule has 0 atom stereocenters. The van der Waals surface area contributed by atoms with Crippen LogP contribution in [0.5, 0.6) is 0 Å². The lowest BCUT2D eigenvalue weighted by Gasteiger charge is -2.28. The van der Waals surface area contributed by atoms with Gasteiger partial charge in [-0.25, -0.2) is 0 Å². The molecule has 0 unspecified atom stereocenters. The molecule has 7 aromatic carbocycles. The van der Waals surface area contributed by atoms with Gasteiger partial charge in [0.2, 0.25) is 0 Å². The summed E-state index contributed by atoms with van der Waals surface area (Å²) in [6, 6.07) is 53.9. The molecule has 4 heteroatoms. The Balaban J connectivity index is 1.31. The highest BCUT2D eigenvalue weighted by Gasteiger charge is 2.22. The maximum atomic E-state index is 8.87. The lowest BCUT2D eigenvalue weighted by atomic mass is 9.89. The van der Waals surface area contributed by atoms with E-state index in [1.165, 1.54) is 36.9 Å². The molecular weight excluding hydrogens is 603 g/mol. The van der Waals surface area contributed by atoms with E-state index in [2.05, 4.69) is 157 Å². The second-order valence-electron chi connectivity index (χ2n) is 12.1. The summed E-state index contributed by atoms with van der Waals surface area (Å²) in [6.07, 6.45) is 3.67. The molecule has 1 aromatic heterocycles. The van der Waals surface area contributed by atoms with Crippen LogP contribution >= 0.6 is 11.3 Å². The van der Waals surface area contributed by atoms with E-state index in [1.54, 1.807) is 6.08 Å². The number of rotatable bonds is 5. The number of nitrogens with zero attached hydrogens (tertiary/aromatic N) is 1. The molecule has 0 spiro atoms. The normalized spacial score (nSPS) is 12.6. The molecule has 0 bridgehead atoms. The molecule has 0 amide bonds. The van der Waals surface area contributed by atoms with Gasteiger partial charge in [-0.3, -0.25) is 10.8 Å². The van der Waals surface area contributed by atoms with Crippen molar-refractivity contribution in [2.24, 2.45) is 0 Å². The minimum absolute atomic E-state index is 0.233. The predicted octanol–water partition coefficient (Wildman–Crippen LogP) is 12.4. The molecule has 2 N–H and O–H groups in total. The molecule has 0 fully saturated rings. The van der Waals surface area contributed by atoms with Crippen LogP contribution in [0, 0.1) is 10.8 Å². The number of hydrogen-bond acceptors (Lipinski definition) is 4. The van der Waals surface area contributed by atoms with Gasteiger partial charge in [0.1, 0.15) is 0 Å².